The molecule has 1 aromatic heterocycles. The predicted octanol–water partition coefficient (Wildman–Crippen LogP) is 4.07. The second-order valence-electron chi connectivity index (χ2n) is 5.45. The van der Waals surface area contributed by atoms with E-state index < -0.39 is 5.97 Å². The van der Waals surface area contributed by atoms with Gasteiger partial charge in [-0.3, -0.25) is 4.79 Å². The number of fused-ring (bicyclic) bond motifs is 1. The number of pyridine rings is 1. The topological polar surface area (TPSA) is 59.4 Å². The van der Waals surface area contributed by atoms with Crippen LogP contribution in [-0.2, 0) is 11.2 Å². The number of hydrogen-bond donors (Lipinski definition) is 1. The zero-order valence-corrected chi connectivity index (χ0v) is 13.1. The summed E-state index contributed by atoms with van der Waals surface area (Å²) in [5, 5.41) is 9.59. The van der Waals surface area contributed by atoms with Crippen LogP contribution in [0.25, 0.3) is 22.2 Å². The predicted molar refractivity (Wildman–Crippen MR) is 89.6 cm³/mol. The number of nitrogens with zero attached hydrogens (tertiary/aromatic N) is 1. The summed E-state index contributed by atoms with van der Waals surface area (Å²) >= 11 is 0. The Morgan fingerprint density at radius 1 is 1.21 bits per heavy atom. The third-order valence-corrected chi connectivity index (χ3v) is 3.83. The summed E-state index contributed by atoms with van der Waals surface area (Å²) in [6.45, 7) is 0. The van der Waals surface area contributed by atoms with Crippen LogP contribution in [0.1, 0.15) is 12.0 Å². The molecule has 0 amide bonds. The van der Waals surface area contributed by atoms with Crippen LogP contribution in [0.5, 0.6) is 5.75 Å². The summed E-state index contributed by atoms with van der Waals surface area (Å²) in [6.07, 6.45) is 0.294. The van der Waals surface area contributed by atoms with Crippen molar-refractivity contribution in [3.63, 3.8) is 0 Å². The van der Waals surface area contributed by atoms with Crippen molar-refractivity contribution in [2.75, 3.05) is 7.11 Å². The number of ether oxygens (including phenoxy) is 1. The Hall–Kier alpha value is -2.95. The van der Waals surface area contributed by atoms with E-state index in [4.69, 9.17) is 9.84 Å². The molecule has 0 aliphatic heterocycles. The lowest BCUT2D eigenvalue weighted by atomic mass is 10.0. The molecular formula is C19H16FNO3. The fourth-order valence-corrected chi connectivity index (χ4v) is 2.65. The SMILES string of the molecule is COc1cccc(-c2cc(CCC(=O)O)c3cc(F)ccc3n2)c1. The minimum Gasteiger partial charge on any atom is -0.497 e. The molecule has 0 saturated heterocycles. The molecule has 0 fully saturated rings. The van der Waals surface area contributed by atoms with Gasteiger partial charge >= 0.3 is 5.97 Å². The van der Waals surface area contributed by atoms with Crippen LogP contribution in [0.3, 0.4) is 0 Å². The van der Waals surface area contributed by atoms with Crippen molar-refractivity contribution in [2.45, 2.75) is 12.8 Å². The smallest absolute Gasteiger partial charge is 0.303 e. The Morgan fingerprint density at radius 2 is 2.04 bits per heavy atom. The Labute approximate surface area is 138 Å². The van der Waals surface area contributed by atoms with Crippen LogP contribution in [0.2, 0.25) is 0 Å². The van der Waals surface area contributed by atoms with Crippen molar-refractivity contribution >= 4 is 16.9 Å². The van der Waals surface area contributed by atoms with Gasteiger partial charge in [0.25, 0.3) is 0 Å². The molecule has 3 rings (SSSR count). The van der Waals surface area contributed by atoms with Gasteiger partial charge < -0.3 is 9.84 Å². The molecule has 2 aromatic carbocycles. The maximum Gasteiger partial charge on any atom is 0.303 e. The molecule has 0 aliphatic rings. The van der Waals surface area contributed by atoms with E-state index in [1.54, 1.807) is 13.2 Å². The van der Waals surface area contributed by atoms with Gasteiger partial charge in [0.1, 0.15) is 11.6 Å². The average Bonchev–Trinajstić information content (AvgIpc) is 2.59. The van der Waals surface area contributed by atoms with Crippen molar-refractivity contribution in [2.24, 2.45) is 0 Å². The van der Waals surface area contributed by atoms with Crippen molar-refractivity contribution < 1.29 is 19.0 Å². The van der Waals surface area contributed by atoms with Crippen molar-refractivity contribution in [1.29, 1.82) is 0 Å². The number of halogens is 1. The number of rotatable bonds is 5. The average molecular weight is 325 g/mol. The number of aliphatic carboxylic acids is 1. The zero-order valence-electron chi connectivity index (χ0n) is 13.1. The van der Waals surface area contributed by atoms with Gasteiger partial charge in [-0.15, -0.1) is 0 Å². The number of carboxylic acid groups (broad SMARTS) is 1. The van der Waals surface area contributed by atoms with E-state index in [9.17, 15) is 9.18 Å². The van der Waals surface area contributed by atoms with Crippen molar-refractivity contribution in [1.82, 2.24) is 4.98 Å². The van der Waals surface area contributed by atoms with Crippen LogP contribution in [-0.4, -0.2) is 23.2 Å². The van der Waals surface area contributed by atoms with Gasteiger partial charge in [0, 0.05) is 17.4 Å². The first kappa shape index (κ1) is 15.9. The van der Waals surface area contributed by atoms with Crippen LogP contribution in [0.4, 0.5) is 4.39 Å². The minimum atomic E-state index is -0.890. The molecule has 122 valence electrons. The van der Waals surface area contributed by atoms with Gasteiger partial charge in [0.2, 0.25) is 0 Å². The molecule has 1 heterocycles. The number of carboxylic acids is 1. The molecule has 5 heteroatoms. The monoisotopic (exact) mass is 325 g/mol. The fraction of sp³-hybridized carbons (Fsp3) is 0.158. The molecule has 0 aliphatic carbocycles. The third kappa shape index (κ3) is 3.35. The zero-order chi connectivity index (χ0) is 17.1. The molecular weight excluding hydrogens is 309 g/mol. The fourth-order valence-electron chi connectivity index (χ4n) is 2.65. The molecule has 0 radical (unpaired) electrons. The van der Waals surface area contributed by atoms with E-state index in [-0.39, 0.29) is 12.2 Å². The number of aryl methyl sites for hydroxylation is 1. The van der Waals surface area contributed by atoms with Gasteiger partial charge in [0.05, 0.1) is 18.3 Å². The second kappa shape index (κ2) is 6.66. The first-order valence-corrected chi connectivity index (χ1v) is 7.52. The lowest BCUT2D eigenvalue weighted by Gasteiger charge is -2.10. The Morgan fingerprint density at radius 3 is 2.79 bits per heavy atom. The highest BCUT2D eigenvalue weighted by molar-refractivity contribution is 5.86. The number of hydrogen-bond acceptors (Lipinski definition) is 3. The number of carbonyl (C=O) groups is 1. The van der Waals surface area contributed by atoms with Crippen LogP contribution in [0, 0.1) is 5.82 Å². The lowest BCUT2D eigenvalue weighted by molar-refractivity contribution is -0.136. The van der Waals surface area contributed by atoms with Gasteiger partial charge in [-0.05, 0) is 48.4 Å². The number of aromatic nitrogens is 1. The van der Waals surface area contributed by atoms with Gasteiger partial charge in [0.15, 0.2) is 0 Å². The van der Waals surface area contributed by atoms with E-state index in [0.717, 1.165) is 11.1 Å². The Bertz CT molecular complexity index is 908. The van der Waals surface area contributed by atoms with Crippen LogP contribution in [0.15, 0.2) is 48.5 Å². The summed E-state index contributed by atoms with van der Waals surface area (Å²) in [4.78, 5) is 15.5. The highest BCUT2D eigenvalue weighted by atomic mass is 19.1. The summed E-state index contributed by atoms with van der Waals surface area (Å²) in [5.74, 6) is -0.546. The number of methoxy groups -OCH3 is 1. The Kier molecular flexibility index (Phi) is 4.42. The van der Waals surface area contributed by atoms with Crippen molar-refractivity contribution in [3.05, 3.63) is 59.9 Å². The van der Waals surface area contributed by atoms with E-state index >= 15 is 0 Å². The van der Waals surface area contributed by atoms with Crippen LogP contribution >= 0.6 is 0 Å². The molecule has 0 unspecified atom stereocenters. The van der Waals surface area contributed by atoms with Crippen LogP contribution < -0.4 is 4.74 Å². The summed E-state index contributed by atoms with van der Waals surface area (Å²) in [7, 11) is 1.59. The van der Waals surface area contributed by atoms with Crippen molar-refractivity contribution in [3.8, 4) is 17.0 Å². The normalized spacial score (nSPS) is 10.8. The largest absolute Gasteiger partial charge is 0.497 e. The molecule has 24 heavy (non-hydrogen) atoms. The first-order valence-electron chi connectivity index (χ1n) is 7.52. The number of benzene rings is 2. The maximum absolute atomic E-state index is 13.6. The summed E-state index contributed by atoms with van der Waals surface area (Å²) < 4.78 is 18.8. The first-order chi connectivity index (χ1) is 11.6. The van der Waals surface area contributed by atoms with E-state index in [0.29, 0.717) is 28.8 Å². The molecule has 1 N–H and O–H groups in total. The highest BCUT2D eigenvalue weighted by Gasteiger charge is 2.11. The van der Waals surface area contributed by atoms with E-state index in [1.807, 2.05) is 30.3 Å². The standard InChI is InChI=1S/C19H16FNO3/c1-24-15-4-2-3-13(9-15)18-10-12(5-8-19(22)23)16-11-14(20)6-7-17(16)21-18/h2-4,6-7,9-11H,5,8H2,1H3,(H,22,23). The molecule has 0 atom stereocenters. The molecule has 3 aromatic rings. The van der Waals surface area contributed by atoms with E-state index in [1.165, 1.54) is 12.1 Å². The maximum atomic E-state index is 13.6. The lowest BCUT2D eigenvalue weighted by Crippen LogP contribution is -2.00. The summed E-state index contributed by atoms with van der Waals surface area (Å²) in [6, 6.07) is 13.6. The van der Waals surface area contributed by atoms with Gasteiger partial charge in [-0.25, -0.2) is 9.37 Å². The molecule has 0 spiro atoms. The van der Waals surface area contributed by atoms with Gasteiger partial charge in [-0.2, -0.15) is 0 Å². The second-order valence-corrected chi connectivity index (χ2v) is 5.45. The van der Waals surface area contributed by atoms with Gasteiger partial charge in [-0.1, -0.05) is 12.1 Å². The van der Waals surface area contributed by atoms with E-state index in [2.05, 4.69) is 4.98 Å². The summed E-state index contributed by atoms with van der Waals surface area (Å²) in [5.41, 5.74) is 2.96. The quantitative estimate of drug-likeness (QED) is 0.768. The minimum absolute atomic E-state index is 0.0207. The molecule has 0 bridgehead atoms. The third-order valence-electron chi connectivity index (χ3n) is 3.83. The Balaban J connectivity index is 2.14. The highest BCUT2D eigenvalue weighted by Crippen LogP contribution is 2.28. The molecule has 4 nitrogen and oxygen atoms in total. The molecule has 0 saturated carbocycles.